The van der Waals surface area contributed by atoms with Gasteiger partial charge < -0.3 is 29.6 Å². The molecule has 3 N–H and O–H groups in total. The first-order valence-electron chi connectivity index (χ1n) is 14.3. The van der Waals surface area contributed by atoms with Crippen LogP contribution in [-0.2, 0) is 9.53 Å². The molecule has 0 spiro atoms. The number of Topliss-reactive ketones (excluding diaryl/α,β-unsaturated/α-hetero) is 1. The van der Waals surface area contributed by atoms with Crippen molar-refractivity contribution in [3.8, 4) is 0 Å². The van der Waals surface area contributed by atoms with Gasteiger partial charge in [-0.2, -0.15) is 0 Å². The van der Waals surface area contributed by atoms with E-state index in [4.69, 9.17) is 9.15 Å². The second-order valence-electron chi connectivity index (χ2n) is 12.8. The molecular formula is C29H40N2O7. The van der Waals surface area contributed by atoms with E-state index in [1.807, 2.05) is 0 Å². The fourth-order valence-electron chi connectivity index (χ4n) is 9.28. The lowest BCUT2D eigenvalue weighted by Crippen LogP contribution is -2.70. The molecule has 2 heterocycles. The van der Waals surface area contributed by atoms with Crippen molar-refractivity contribution in [3.63, 3.8) is 0 Å². The van der Waals surface area contributed by atoms with E-state index in [-0.39, 0.29) is 47.1 Å². The van der Waals surface area contributed by atoms with E-state index in [1.165, 1.54) is 12.3 Å². The first-order valence-corrected chi connectivity index (χ1v) is 14.3. The van der Waals surface area contributed by atoms with E-state index in [2.05, 4.69) is 12.2 Å². The van der Waals surface area contributed by atoms with Crippen LogP contribution in [0.15, 0.2) is 27.6 Å². The van der Waals surface area contributed by atoms with E-state index in [0.717, 1.165) is 38.8 Å². The molecule has 38 heavy (non-hydrogen) atoms. The summed E-state index contributed by atoms with van der Waals surface area (Å²) in [6.45, 7) is 6.83. The summed E-state index contributed by atoms with van der Waals surface area (Å²) < 4.78 is 11.0. The number of ether oxygens (including phenoxy) is 1. The van der Waals surface area contributed by atoms with E-state index in [0.29, 0.717) is 37.9 Å². The number of rotatable bonds is 2. The molecule has 1 aliphatic heterocycles. The second-order valence-corrected chi connectivity index (χ2v) is 12.8. The SMILES string of the molecule is C[C@]12CC[C@H](OC(=O)N3CCNCC3)C[C@H]1CC[C@@H]1C2[C@H](O)C(=O)[C@]2(C)[C@@H](c3ccc(=O)oc3)CC[C@]12O. The monoisotopic (exact) mass is 528 g/mol. The lowest BCUT2D eigenvalue weighted by atomic mass is 9.42. The number of carbonyl (C=O) groups is 2. The van der Waals surface area contributed by atoms with Gasteiger partial charge in [-0.15, -0.1) is 0 Å². The van der Waals surface area contributed by atoms with Crippen molar-refractivity contribution in [3.05, 3.63) is 34.4 Å². The molecule has 208 valence electrons. The number of nitrogens with zero attached hydrogens (tertiary/aromatic N) is 1. The lowest BCUT2D eigenvalue weighted by molar-refractivity contribution is -0.228. The van der Waals surface area contributed by atoms with Gasteiger partial charge in [-0.1, -0.05) is 6.92 Å². The largest absolute Gasteiger partial charge is 0.446 e. The van der Waals surface area contributed by atoms with E-state index in [1.54, 1.807) is 17.9 Å². The minimum absolute atomic E-state index is 0.166. The highest BCUT2D eigenvalue weighted by molar-refractivity contribution is 5.93. The quantitative estimate of drug-likeness (QED) is 0.534. The maximum absolute atomic E-state index is 14.1. The van der Waals surface area contributed by atoms with Crippen LogP contribution in [0.1, 0.15) is 70.3 Å². The Labute approximate surface area is 222 Å². The van der Waals surface area contributed by atoms with Crippen LogP contribution >= 0.6 is 0 Å². The van der Waals surface area contributed by atoms with Crippen LogP contribution in [0.3, 0.4) is 0 Å². The Hall–Kier alpha value is -2.23. The van der Waals surface area contributed by atoms with Crippen LogP contribution in [-0.4, -0.2) is 71.0 Å². The first kappa shape index (κ1) is 26.0. The average molecular weight is 529 g/mol. The molecule has 1 saturated heterocycles. The van der Waals surface area contributed by atoms with Gasteiger partial charge >= 0.3 is 11.7 Å². The van der Waals surface area contributed by atoms with Gasteiger partial charge in [0.25, 0.3) is 0 Å². The molecule has 1 amide bonds. The maximum Gasteiger partial charge on any atom is 0.410 e. The van der Waals surface area contributed by atoms with E-state index < -0.39 is 22.7 Å². The maximum atomic E-state index is 14.1. The molecule has 4 aliphatic carbocycles. The Bertz CT molecular complexity index is 1140. The number of amides is 1. The predicted molar refractivity (Wildman–Crippen MR) is 137 cm³/mol. The zero-order chi connectivity index (χ0) is 26.9. The highest BCUT2D eigenvalue weighted by atomic mass is 16.6. The molecule has 6 rings (SSSR count). The molecule has 0 bridgehead atoms. The van der Waals surface area contributed by atoms with Gasteiger partial charge in [0, 0.05) is 44.1 Å². The van der Waals surface area contributed by atoms with Crippen LogP contribution in [0.2, 0.25) is 0 Å². The van der Waals surface area contributed by atoms with Crippen LogP contribution in [0.25, 0.3) is 0 Å². The minimum atomic E-state index is -1.24. The summed E-state index contributed by atoms with van der Waals surface area (Å²) in [6, 6.07) is 3.03. The molecule has 1 aromatic heterocycles. The molecule has 9 nitrogen and oxygen atoms in total. The van der Waals surface area contributed by atoms with E-state index in [9.17, 15) is 24.6 Å². The van der Waals surface area contributed by atoms with Crippen LogP contribution in [0, 0.1) is 28.6 Å². The Morgan fingerprint density at radius 2 is 1.87 bits per heavy atom. The van der Waals surface area contributed by atoms with Gasteiger partial charge in [0.15, 0.2) is 5.78 Å². The fourth-order valence-corrected chi connectivity index (χ4v) is 9.28. The fraction of sp³-hybridized carbons (Fsp3) is 0.759. The van der Waals surface area contributed by atoms with Gasteiger partial charge in [-0.3, -0.25) is 4.79 Å². The second kappa shape index (κ2) is 9.17. The van der Waals surface area contributed by atoms with Crippen molar-refractivity contribution in [2.24, 2.45) is 28.6 Å². The first-order chi connectivity index (χ1) is 18.1. The van der Waals surface area contributed by atoms with Crippen molar-refractivity contribution >= 4 is 11.9 Å². The van der Waals surface area contributed by atoms with Crippen LogP contribution in [0.4, 0.5) is 4.79 Å². The lowest BCUT2D eigenvalue weighted by Gasteiger charge is -2.64. The van der Waals surface area contributed by atoms with Crippen molar-refractivity contribution in [2.75, 3.05) is 26.2 Å². The molecule has 0 radical (unpaired) electrons. The Morgan fingerprint density at radius 1 is 1.11 bits per heavy atom. The van der Waals surface area contributed by atoms with Crippen molar-refractivity contribution in [2.45, 2.75) is 82.5 Å². The number of hydrogen-bond acceptors (Lipinski definition) is 8. The highest BCUT2D eigenvalue weighted by Gasteiger charge is 2.73. The molecule has 1 aromatic rings. The van der Waals surface area contributed by atoms with Gasteiger partial charge in [0.1, 0.15) is 12.2 Å². The number of ketones is 1. The molecule has 5 aliphatic rings. The molecule has 4 saturated carbocycles. The summed E-state index contributed by atoms with van der Waals surface area (Å²) in [4.78, 5) is 40.1. The summed E-state index contributed by atoms with van der Waals surface area (Å²) in [6.07, 6.45) is 4.61. The number of aliphatic hydroxyl groups is 2. The normalized spacial score (nSPS) is 44.6. The molecule has 9 heteroatoms. The Morgan fingerprint density at radius 3 is 2.58 bits per heavy atom. The van der Waals surface area contributed by atoms with Crippen LogP contribution in [0.5, 0.6) is 0 Å². The zero-order valence-corrected chi connectivity index (χ0v) is 22.4. The molecule has 1 unspecified atom stereocenters. The van der Waals surface area contributed by atoms with E-state index >= 15 is 0 Å². The number of piperazine rings is 1. The Kier molecular flexibility index (Phi) is 6.28. The molecular weight excluding hydrogens is 488 g/mol. The van der Waals surface area contributed by atoms with Gasteiger partial charge in [0.2, 0.25) is 0 Å². The van der Waals surface area contributed by atoms with Crippen molar-refractivity contribution in [1.82, 2.24) is 10.2 Å². The topological polar surface area (TPSA) is 129 Å². The summed E-state index contributed by atoms with van der Waals surface area (Å²) in [5.41, 5.74) is -2.47. The number of fused-ring (bicyclic) bond motifs is 5. The molecule has 0 aromatic carbocycles. The third kappa shape index (κ3) is 3.64. The Balaban J connectivity index is 1.24. The standard InChI is InChI=1S/C29H40N2O7/c1-27-9-7-19(38-26(35)31-13-11-30-12-14-31)15-18(27)4-5-21-23(27)24(33)25(34)28(2)20(8-10-29(21,28)36)17-3-6-22(32)37-16-17/h3,6,16,18-21,23-24,30,33,36H,4-5,7-15H2,1-2H3/t18-,19+,20-,21-,23?,24+,27+,28+,29+/m1/s1. The molecule has 9 atom stereocenters. The smallest absolute Gasteiger partial charge is 0.410 e. The number of aliphatic hydroxyl groups excluding tert-OH is 1. The minimum Gasteiger partial charge on any atom is -0.446 e. The van der Waals surface area contributed by atoms with Gasteiger partial charge in [-0.25, -0.2) is 9.59 Å². The number of nitrogens with one attached hydrogen (secondary N) is 1. The number of carbonyl (C=O) groups excluding carboxylic acids is 2. The van der Waals surface area contributed by atoms with Crippen molar-refractivity contribution in [1.29, 1.82) is 0 Å². The van der Waals surface area contributed by atoms with Crippen molar-refractivity contribution < 1.29 is 29.0 Å². The zero-order valence-electron chi connectivity index (χ0n) is 22.4. The number of hydrogen-bond donors (Lipinski definition) is 3. The summed E-state index contributed by atoms with van der Waals surface area (Å²) in [5, 5.41) is 27.3. The third-order valence-electron chi connectivity index (χ3n) is 11.4. The molecule has 5 fully saturated rings. The highest BCUT2D eigenvalue weighted by Crippen LogP contribution is 2.69. The van der Waals surface area contributed by atoms with Gasteiger partial charge in [-0.05, 0) is 80.8 Å². The third-order valence-corrected chi connectivity index (χ3v) is 11.4. The summed E-state index contributed by atoms with van der Waals surface area (Å²) in [5.74, 6) is -0.977. The average Bonchev–Trinajstić information content (AvgIpc) is 3.20. The summed E-state index contributed by atoms with van der Waals surface area (Å²) >= 11 is 0. The summed E-state index contributed by atoms with van der Waals surface area (Å²) in [7, 11) is 0. The van der Waals surface area contributed by atoms with Crippen LogP contribution < -0.4 is 10.9 Å². The predicted octanol–water partition coefficient (Wildman–Crippen LogP) is 2.44. The van der Waals surface area contributed by atoms with Gasteiger partial charge in [0.05, 0.1) is 17.3 Å².